The first kappa shape index (κ1) is 20.2. The van der Waals surface area contributed by atoms with Crippen molar-refractivity contribution < 1.29 is 27.1 Å². The molecule has 3 rings (SSSR count). The molecular formula is C19H16BrF3N2O3. The van der Waals surface area contributed by atoms with Crippen LogP contribution in [0.4, 0.5) is 18.9 Å². The third-order valence-corrected chi connectivity index (χ3v) is 4.79. The minimum absolute atomic E-state index is 0.116. The Morgan fingerprint density at radius 3 is 2.57 bits per heavy atom. The Balaban J connectivity index is 2.07. The standard InChI is InChI=1S/C19H16BrF3N2O3/c1-4-25(18(26)19(21,22)23)12-7-10(2)16-14(9-12)24-17(28-16)11-5-6-15(27-3)13(20)8-11/h5-9H,4H2,1-3H3. The van der Waals surface area contributed by atoms with E-state index in [-0.39, 0.29) is 12.2 Å². The molecule has 2 aromatic carbocycles. The summed E-state index contributed by atoms with van der Waals surface area (Å²) in [4.78, 5) is 16.8. The van der Waals surface area contributed by atoms with E-state index in [1.807, 2.05) is 0 Å². The van der Waals surface area contributed by atoms with Crippen molar-refractivity contribution in [3.05, 3.63) is 40.4 Å². The monoisotopic (exact) mass is 456 g/mol. The van der Waals surface area contributed by atoms with Crippen LogP contribution in [-0.2, 0) is 4.79 Å². The molecule has 0 fully saturated rings. The van der Waals surface area contributed by atoms with Gasteiger partial charge in [0.05, 0.1) is 11.6 Å². The van der Waals surface area contributed by atoms with Gasteiger partial charge in [-0.25, -0.2) is 4.98 Å². The Bertz CT molecular complexity index is 1050. The normalized spacial score (nSPS) is 11.7. The molecule has 0 bridgehead atoms. The van der Waals surface area contributed by atoms with E-state index in [9.17, 15) is 18.0 Å². The van der Waals surface area contributed by atoms with Crippen LogP contribution in [0.1, 0.15) is 12.5 Å². The first-order chi connectivity index (χ1) is 13.2. The second-order valence-electron chi connectivity index (χ2n) is 6.03. The zero-order valence-corrected chi connectivity index (χ0v) is 16.8. The van der Waals surface area contributed by atoms with Crippen molar-refractivity contribution in [3.63, 3.8) is 0 Å². The predicted octanol–water partition coefficient (Wildman–Crippen LogP) is 5.49. The van der Waals surface area contributed by atoms with Gasteiger partial charge in [-0.1, -0.05) is 0 Å². The number of fused-ring (bicyclic) bond motifs is 1. The molecule has 0 aliphatic heterocycles. The van der Waals surface area contributed by atoms with Gasteiger partial charge in [0.2, 0.25) is 5.89 Å². The summed E-state index contributed by atoms with van der Waals surface area (Å²) in [6.45, 7) is 3.04. The van der Waals surface area contributed by atoms with E-state index in [0.717, 1.165) is 0 Å². The highest BCUT2D eigenvalue weighted by atomic mass is 79.9. The van der Waals surface area contributed by atoms with Gasteiger partial charge in [0, 0.05) is 17.8 Å². The van der Waals surface area contributed by atoms with Crippen LogP contribution >= 0.6 is 15.9 Å². The molecule has 0 N–H and O–H groups in total. The van der Waals surface area contributed by atoms with E-state index >= 15 is 0 Å². The van der Waals surface area contributed by atoms with Crippen molar-refractivity contribution in [1.82, 2.24) is 4.98 Å². The number of alkyl halides is 3. The Morgan fingerprint density at radius 2 is 2.00 bits per heavy atom. The number of hydrogen-bond donors (Lipinski definition) is 0. The van der Waals surface area contributed by atoms with Crippen molar-refractivity contribution >= 4 is 38.6 Å². The molecular weight excluding hydrogens is 441 g/mol. The summed E-state index contributed by atoms with van der Waals surface area (Å²) in [6, 6.07) is 8.17. The Hall–Kier alpha value is -2.55. The molecule has 5 nitrogen and oxygen atoms in total. The number of carbonyl (C=O) groups is 1. The topological polar surface area (TPSA) is 55.6 Å². The Morgan fingerprint density at radius 1 is 1.29 bits per heavy atom. The first-order valence-corrected chi connectivity index (χ1v) is 9.08. The third-order valence-electron chi connectivity index (χ3n) is 4.17. The molecule has 0 aliphatic carbocycles. The molecule has 0 spiro atoms. The maximum absolute atomic E-state index is 12.9. The molecule has 0 saturated carbocycles. The van der Waals surface area contributed by atoms with E-state index in [0.29, 0.717) is 43.2 Å². The summed E-state index contributed by atoms with van der Waals surface area (Å²) in [7, 11) is 1.55. The summed E-state index contributed by atoms with van der Waals surface area (Å²) in [5.41, 5.74) is 2.17. The van der Waals surface area contributed by atoms with Crippen molar-refractivity contribution in [2.45, 2.75) is 20.0 Å². The molecule has 0 saturated heterocycles. The van der Waals surface area contributed by atoms with Crippen molar-refractivity contribution in [3.8, 4) is 17.2 Å². The quantitative estimate of drug-likeness (QED) is 0.520. The van der Waals surface area contributed by atoms with E-state index in [1.165, 1.54) is 19.1 Å². The van der Waals surface area contributed by atoms with Gasteiger partial charge in [-0.05, 0) is 65.7 Å². The third kappa shape index (κ3) is 3.71. The second-order valence-corrected chi connectivity index (χ2v) is 6.88. The number of methoxy groups -OCH3 is 1. The minimum Gasteiger partial charge on any atom is -0.496 e. The van der Waals surface area contributed by atoms with E-state index in [2.05, 4.69) is 20.9 Å². The van der Waals surface area contributed by atoms with E-state index < -0.39 is 12.1 Å². The number of halogens is 4. The van der Waals surface area contributed by atoms with Crippen LogP contribution in [0.2, 0.25) is 0 Å². The van der Waals surface area contributed by atoms with Crippen LogP contribution in [0.15, 0.2) is 39.2 Å². The van der Waals surface area contributed by atoms with Gasteiger partial charge >= 0.3 is 12.1 Å². The number of hydrogen-bond acceptors (Lipinski definition) is 4. The van der Waals surface area contributed by atoms with Crippen LogP contribution in [0.3, 0.4) is 0 Å². The van der Waals surface area contributed by atoms with Crippen LogP contribution in [0.5, 0.6) is 5.75 Å². The zero-order valence-electron chi connectivity index (χ0n) is 15.2. The summed E-state index contributed by atoms with van der Waals surface area (Å²) >= 11 is 3.39. The van der Waals surface area contributed by atoms with Gasteiger partial charge < -0.3 is 14.1 Å². The lowest BCUT2D eigenvalue weighted by Gasteiger charge is -2.22. The Kier molecular flexibility index (Phi) is 5.38. The van der Waals surface area contributed by atoms with Gasteiger partial charge in [0.15, 0.2) is 5.58 Å². The number of benzene rings is 2. The van der Waals surface area contributed by atoms with Crippen molar-refractivity contribution in [1.29, 1.82) is 0 Å². The number of ether oxygens (including phenoxy) is 1. The number of aryl methyl sites for hydroxylation is 1. The highest BCUT2D eigenvalue weighted by Crippen LogP contribution is 2.34. The maximum Gasteiger partial charge on any atom is 0.471 e. The fourth-order valence-corrected chi connectivity index (χ4v) is 3.40. The molecule has 1 heterocycles. The fraction of sp³-hybridized carbons (Fsp3) is 0.263. The minimum atomic E-state index is -4.96. The SMILES string of the molecule is CCN(C(=O)C(F)(F)F)c1cc(C)c2oc(-c3ccc(OC)c(Br)c3)nc2c1. The summed E-state index contributed by atoms with van der Waals surface area (Å²) < 4.78 is 50.3. The van der Waals surface area contributed by atoms with Gasteiger partial charge in [0.25, 0.3) is 0 Å². The molecule has 0 radical (unpaired) electrons. The molecule has 148 valence electrons. The molecule has 3 aromatic rings. The first-order valence-electron chi connectivity index (χ1n) is 8.29. The molecule has 9 heteroatoms. The highest BCUT2D eigenvalue weighted by molar-refractivity contribution is 9.10. The largest absolute Gasteiger partial charge is 0.496 e. The molecule has 1 aromatic heterocycles. The maximum atomic E-state index is 12.9. The lowest BCUT2D eigenvalue weighted by molar-refractivity contribution is -0.170. The van der Waals surface area contributed by atoms with Gasteiger partial charge in [-0.3, -0.25) is 4.79 Å². The van der Waals surface area contributed by atoms with Gasteiger partial charge in [-0.2, -0.15) is 13.2 Å². The van der Waals surface area contributed by atoms with E-state index in [1.54, 1.807) is 32.2 Å². The predicted molar refractivity (Wildman–Crippen MR) is 103 cm³/mol. The molecule has 0 unspecified atom stereocenters. The number of aromatic nitrogens is 1. The van der Waals surface area contributed by atoms with Crippen LogP contribution < -0.4 is 9.64 Å². The lowest BCUT2D eigenvalue weighted by atomic mass is 10.1. The smallest absolute Gasteiger partial charge is 0.471 e. The number of rotatable bonds is 4. The molecule has 0 atom stereocenters. The summed E-state index contributed by atoms with van der Waals surface area (Å²) in [5, 5.41) is 0. The van der Waals surface area contributed by atoms with Crippen molar-refractivity contribution in [2.75, 3.05) is 18.6 Å². The van der Waals surface area contributed by atoms with Gasteiger partial charge in [0.1, 0.15) is 11.3 Å². The molecule has 0 aliphatic rings. The second kappa shape index (κ2) is 7.46. The van der Waals surface area contributed by atoms with Crippen LogP contribution in [0, 0.1) is 6.92 Å². The van der Waals surface area contributed by atoms with E-state index in [4.69, 9.17) is 9.15 Å². The number of amides is 1. The number of anilines is 1. The molecule has 1 amide bonds. The average Bonchev–Trinajstić information content (AvgIpc) is 3.06. The lowest BCUT2D eigenvalue weighted by Crippen LogP contribution is -2.41. The summed E-state index contributed by atoms with van der Waals surface area (Å²) in [6.07, 6.45) is -4.96. The number of carbonyl (C=O) groups excluding carboxylic acids is 1. The number of oxazole rings is 1. The molecule has 28 heavy (non-hydrogen) atoms. The van der Waals surface area contributed by atoms with Gasteiger partial charge in [-0.15, -0.1) is 0 Å². The van der Waals surface area contributed by atoms with Crippen LogP contribution in [0.25, 0.3) is 22.6 Å². The average molecular weight is 457 g/mol. The number of nitrogens with zero attached hydrogens (tertiary/aromatic N) is 2. The van der Waals surface area contributed by atoms with Crippen LogP contribution in [-0.4, -0.2) is 30.7 Å². The Labute approximate surface area is 167 Å². The highest BCUT2D eigenvalue weighted by Gasteiger charge is 2.42. The van der Waals surface area contributed by atoms with Crippen molar-refractivity contribution in [2.24, 2.45) is 0 Å². The summed E-state index contributed by atoms with van der Waals surface area (Å²) in [5.74, 6) is -0.970. The fourth-order valence-electron chi connectivity index (χ4n) is 2.86. The zero-order chi connectivity index (χ0) is 20.6.